The first-order valence-electron chi connectivity index (χ1n) is 6.35. The van der Waals surface area contributed by atoms with Crippen molar-refractivity contribution in [3.63, 3.8) is 0 Å². The molecule has 0 radical (unpaired) electrons. The van der Waals surface area contributed by atoms with Gasteiger partial charge in [-0.3, -0.25) is 4.79 Å². The third-order valence-corrected chi connectivity index (χ3v) is 3.02. The summed E-state index contributed by atoms with van der Waals surface area (Å²) in [5.41, 5.74) is 6.43. The molecule has 0 atom stereocenters. The van der Waals surface area contributed by atoms with Gasteiger partial charge in [0.2, 0.25) is 5.91 Å². The second-order valence-electron chi connectivity index (χ2n) is 4.76. The maximum Gasteiger partial charge on any atom is 0.387 e. The third kappa shape index (κ3) is 3.65. The van der Waals surface area contributed by atoms with Gasteiger partial charge in [0.15, 0.2) is 11.6 Å². The number of hydrogen-bond donors (Lipinski definition) is 1. The molecular weight excluding hydrogens is 271 g/mol. The Morgan fingerprint density at radius 3 is 2.35 bits per heavy atom. The summed E-state index contributed by atoms with van der Waals surface area (Å²) < 4.78 is 43.0. The number of primary amides is 1. The summed E-state index contributed by atoms with van der Waals surface area (Å²) in [6, 6.07) is 1.23. The highest BCUT2D eigenvalue weighted by Crippen LogP contribution is 2.33. The van der Waals surface area contributed by atoms with E-state index in [1.165, 1.54) is 6.07 Å². The quantitative estimate of drug-likeness (QED) is 0.874. The lowest BCUT2D eigenvalue weighted by atomic mass is 9.89. The number of benzene rings is 1. The number of rotatable bonds is 6. The van der Waals surface area contributed by atoms with Gasteiger partial charge in [-0.15, -0.1) is 0 Å². The van der Waals surface area contributed by atoms with E-state index in [4.69, 9.17) is 5.73 Å². The van der Waals surface area contributed by atoms with Crippen molar-refractivity contribution in [2.24, 2.45) is 5.73 Å². The van der Waals surface area contributed by atoms with Crippen LogP contribution in [-0.4, -0.2) is 12.5 Å². The zero-order valence-electron chi connectivity index (χ0n) is 11.7. The van der Waals surface area contributed by atoms with Crippen LogP contribution in [0.2, 0.25) is 0 Å². The van der Waals surface area contributed by atoms with Gasteiger partial charge in [-0.05, 0) is 35.1 Å². The van der Waals surface area contributed by atoms with Crippen LogP contribution in [0.4, 0.5) is 13.2 Å². The van der Waals surface area contributed by atoms with Crippen LogP contribution in [0.5, 0.6) is 5.75 Å². The Balaban J connectivity index is 3.48. The van der Waals surface area contributed by atoms with E-state index in [1.54, 1.807) is 6.92 Å². The summed E-state index contributed by atoms with van der Waals surface area (Å²) in [5, 5.41) is 0. The molecule has 1 aromatic rings. The lowest BCUT2D eigenvalue weighted by Crippen LogP contribution is -2.18. The van der Waals surface area contributed by atoms with Crippen molar-refractivity contribution in [2.45, 2.75) is 46.1 Å². The summed E-state index contributed by atoms with van der Waals surface area (Å²) in [5.74, 6) is -2.01. The van der Waals surface area contributed by atoms with E-state index in [9.17, 15) is 18.0 Å². The zero-order chi connectivity index (χ0) is 15.4. The van der Waals surface area contributed by atoms with Crippen LogP contribution in [0.1, 0.15) is 43.4 Å². The molecule has 0 bridgehead atoms. The molecule has 20 heavy (non-hydrogen) atoms. The molecular formula is C14H18F3NO2. The van der Waals surface area contributed by atoms with Crippen LogP contribution in [0.15, 0.2) is 6.07 Å². The van der Waals surface area contributed by atoms with E-state index in [-0.39, 0.29) is 24.3 Å². The fourth-order valence-electron chi connectivity index (χ4n) is 2.20. The van der Waals surface area contributed by atoms with Gasteiger partial charge in [0.1, 0.15) is 0 Å². The minimum Gasteiger partial charge on any atom is -0.432 e. The monoisotopic (exact) mass is 289 g/mol. The van der Waals surface area contributed by atoms with Crippen molar-refractivity contribution in [1.82, 2.24) is 0 Å². The largest absolute Gasteiger partial charge is 0.432 e. The SMILES string of the molecule is CCc1c(F)c(OC(F)F)cc(C(C)C)c1CC(N)=O. The van der Waals surface area contributed by atoms with Crippen LogP contribution < -0.4 is 10.5 Å². The Morgan fingerprint density at radius 2 is 1.95 bits per heavy atom. The molecule has 1 aromatic carbocycles. The van der Waals surface area contributed by atoms with Crippen LogP contribution in [0.25, 0.3) is 0 Å². The Labute approximate surface area is 115 Å². The molecule has 1 rings (SSSR count). The fraction of sp³-hybridized carbons (Fsp3) is 0.500. The number of halogens is 3. The number of carbonyl (C=O) groups is 1. The number of ether oxygens (including phenoxy) is 1. The summed E-state index contributed by atoms with van der Waals surface area (Å²) in [7, 11) is 0. The second-order valence-corrected chi connectivity index (χ2v) is 4.76. The predicted octanol–water partition coefficient (Wildman–Crippen LogP) is 3.14. The van der Waals surface area contributed by atoms with Crippen molar-refractivity contribution < 1.29 is 22.7 Å². The topological polar surface area (TPSA) is 52.3 Å². The summed E-state index contributed by atoms with van der Waals surface area (Å²) in [4.78, 5) is 11.1. The summed E-state index contributed by atoms with van der Waals surface area (Å²) >= 11 is 0. The molecule has 0 saturated heterocycles. The molecule has 0 spiro atoms. The maximum absolute atomic E-state index is 14.2. The van der Waals surface area contributed by atoms with Gasteiger partial charge in [0.05, 0.1) is 6.42 Å². The minimum atomic E-state index is -3.10. The fourth-order valence-corrected chi connectivity index (χ4v) is 2.20. The molecule has 0 heterocycles. The van der Waals surface area contributed by atoms with Crippen LogP contribution in [0, 0.1) is 5.82 Å². The standard InChI is InChI=1S/C14H18F3NO2/c1-4-8-10(6-12(18)19)9(7(2)3)5-11(13(8)15)20-14(16)17/h5,7,14H,4,6H2,1-3H3,(H2,18,19). The first kappa shape index (κ1) is 16.3. The lowest BCUT2D eigenvalue weighted by molar-refractivity contribution is -0.117. The molecule has 0 unspecified atom stereocenters. The van der Waals surface area contributed by atoms with Gasteiger partial charge in [-0.25, -0.2) is 4.39 Å². The molecule has 3 nitrogen and oxygen atoms in total. The van der Waals surface area contributed by atoms with E-state index in [0.717, 1.165) is 0 Å². The normalized spacial score (nSPS) is 11.2. The molecule has 0 aliphatic carbocycles. The average Bonchev–Trinajstić information content (AvgIpc) is 2.31. The van der Waals surface area contributed by atoms with Crippen molar-refractivity contribution in [3.05, 3.63) is 28.6 Å². The van der Waals surface area contributed by atoms with E-state index in [1.807, 2.05) is 13.8 Å². The number of nitrogens with two attached hydrogens (primary N) is 1. The van der Waals surface area contributed by atoms with E-state index in [2.05, 4.69) is 4.74 Å². The van der Waals surface area contributed by atoms with Crippen LogP contribution >= 0.6 is 0 Å². The Kier molecular flexibility index (Phi) is 5.42. The first-order chi connectivity index (χ1) is 9.27. The van der Waals surface area contributed by atoms with Crippen molar-refractivity contribution in [2.75, 3.05) is 0 Å². The lowest BCUT2D eigenvalue weighted by Gasteiger charge is -2.19. The number of amides is 1. The third-order valence-electron chi connectivity index (χ3n) is 3.02. The Morgan fingerprint density at radius 1 is 1.35 bits per heavy atom. The maximum atomic E-state index is 14.2. The molecule has 1 amide bonds. The smallest absolute Gasteiger partial charge is 0.387 e. The molecule has 6 heteroatoms. The Hall–Kier alpha value is -1.72. The predicted molar refractivity (Wildman–Crippen MR) is 69.4 cm³/mol. The molecule has 0 aliphatic heterocycles. The van der Waals surface area contributed by atoms with Crippen LogP contribution in [0.3, 0.4) is 0 Å². The van der Waals surface area contributed by atoms with Gasteiger partial charge in [0, 0.05) is 0 Å². The van der Waals surface area contributed by atoms with E-state index >= 15 is 0 Å². The number of alkyl halides is 2. The molecule has 0 aromatic heterocycles. The van der Waals surface area contributed by atoms with Crippen molar-refractivity contribution in [3.8, 4) is 5.75 Å². The van der Waals surface area contributed by atoms with Gasteiger partial charge >= 0.3 is 6.61 Å². The molecule has 112 valence electrons. The van der Waals surface area contributed by atoms with Crippen molar-refractivity contribution in [1.29, 1.82) is 0 Å². The van der Waals surface area contributed by atoms with Gasteiger partial charge in [-0.1, -0.05) is 20.8 Å². The summed E-state index contributed by atoms with van der Waals surface area (Å²) in [6.45, 7) is 2.22. The average molecular weight is 289 g/mol. The van der Waals surface area contributed by atoms with Gasteiger partial charge < -0.3 is 10.5 Å². The molecule has 0 saturated carbocycles. The molecule has 2 N–H and O–H groups in total. The Bertz CT molecular complexity index is 502. The van der Waals surface area contributed by atoms with E-state index < -0.39 is 24.1 Å². The highest BCUT2D eigenvalue weighted by Gasteiger charge is 2.22. The number of carbonyl (C=O) groups excluding carboxylic acids is 1. The highest BCUT2D eigenvalue weighted by atomic mass is 19.3. The first-order valence-corrected chi connectivity index (χ1v) is 6.35. The zero-order valence-corrected chi connectivity index (χ0v) is 11.7. The summed E-state index contributed by atoms with van der Waals surface area (Å²) in [6.07, 6.45) is 0.136. The number of hydrogen-bond acceptors (Lipinski definition) is 2. The van der Waals surface area contributed by atoms with Crippen LogP contribution in [-0.2, 0) is 17.6 Å². The van der Waals surface area contributed by atoms with Gasteiger partial charge in [-0.2, -0.15) is 8.78 Å². The minimum absolute atomic E-state index is 0.0738. The highest BCUT2D eigenvalue weighted by molar-refractivity contribution is 5.77. The second kappa shape index (κ2) is 6.63. The van der Waals surface area contributed by atoms with Gasteiger partial charge in [0.25, 0.3) is 0 Å². The molecule has 0 aliphatic rings. The van der Waals surface area contributed by atoms with Crippen molar-refractivity contribution >= 4 is 5.91 Å². The molecule has 0 fully saturated rings. The van der Waals surface area contributed by atoms with E-state index in [0.29, 0.717) is 11.1 Å².